The van der Waals surface area contributed by atoms with Gasteiger partial charge in [-0.25, -0.2) is 4.39 Å². The molecule has 1 atom stereocenters. The first-order valence-electron chi connectivity index (χ1n) is 6.14. The molecular formula is C14H10ClFIN4OP. The van der Waals surface area contributed by atoms with Crippen LogP contribution in [-0.4, -0.2) is 6.21 Å². The molecule has 0 spiro atoms. The Bertz CT molecular complexity index is 812. The number of nitrogens with zero attached hydrogens (tertiary/aromatic N) is 1. The van der Waals surface area contributed by atoms with Crippen LogP contribution in [0.1, 0.15) is 11.1 Å². The zero-order chi connectivity index (χ0) is 17.0. The Morgan fingerprint density at radius 2 is 2.26 bits per heavy atom. The lowest BCUT2D eigenvalue weighted by Crippen LogP contribution is -2.01. The number of nitriles is 1. The molecule has 0 fully saturated rings. The normalized spacial score (nSPS) is 10.5. The van der Waals surface area contributed by atoms with Gasteiger partial charge in [0, 0.05) is 12.6 Å². The van der Waals surface area contributed by atoms with Crippen LogP contribution in [0.25, 0.3) is 0 Å². The molecule has 0 saturated carbocycles. The summed E-state index contributed by atoms with van der Waals surface area (Å²) in [5.41, 5.74) is 6.90. The van der Waals surface area contributed by atoms with Crippen LogP contribution in [0.5, 0.6) is 11.5 Å². The highest BCUT2D eigenvalue weighted by Gasteiger charge is 2.19. The molecule has 9 heteroatoms. The maximum absolute atomic E-state index is 14.0. The standard InChI is InChI=1S/C14H10ClFIN4OP/c15-12-9(16)4-10(21-23-17)8(6-19)14(12)22-11-3-1-2-7(5-18)13(11)20/h1-4,6,19,21,23H,20H2. The largest absolute Gasteiger partial charge is 0.453 e. The van der Waals surface area contributed by atoms with Gasteiger partial charge in [0.15, 0.2) is 11.5 Å². The number of benzene rings is 2. The van der Waals surface area contributed by atoms with E-state index >= 15 is 0 Å². The van der Waals surface area contributed by atoms with E-state index in [9.17, 15) is 4.39 Å². The summed E-state index contributed by atoms with van der Waals surface area (Å²) in [6.45, 7) is 0. The third kappa shape index (κ3) is 3.66. The van der Waals surface area contributed by atoms with Gasteiger partial charge in [-0.3, -0.25) is 0 Å². The maximum atomic E-state index is 14.0. The third-order valence-electron chi connectivity index (χ3n) is 2.94. The SMILES string of the molecule is N#Cc1cccc(Oc2c(Cl)c(F)cc(NPI)c2C=N)c1N. The Kier molecular flexibility index (Phi) is 5.99. The predicted molar refractivity (Wildman–Crippen MR) is 101 cm³/mol. The molecule has 2 aromatic carbocycles. The van der Waals surface area contributed by atoms with E-state index in [1.54, 1.807) is 6.07 Å². The fourth-order valence-corrected chi connectivity index (χ4v) is 3.23. The molecule has 0 aliphatic heterocycles. The molecule has 0 bridgehead atoms. The molecule has 1 unspecified atom stereocenters. The van der Waals surface area contributed by atoms with Crippen LogP contribution in [0.4, 0.5) is 15.8 Å². The smallest absolute Gasteiger partial charge is 0.159 e. The number of nitrogens with two attached hydrogens (primary N) is 1. The lowest BCUT2D eigenvalue weighted by Gasteiger charge is -2.16. The number of nitrogens with one attached hydrogen (secondary N) is 2. The van der Waals surface area contributed by atoms with Crippen molar-refractivity contribution in [2.24, 2.45) is 0 Å². The minimum Gasteiger partial charge on any atom is -0.453 e. The quantitative estimate of drug-likeness (QED) is 0.250. The Morgan fingerprint density at radius 3 is 2.87 bits per heavy atom. The number of hydrogen-bond donors (Lipinski definition) is 3. The highest BCUT2D eigenvalue weighted by atomic mass is 127. The van der Waals surface area contributed by atoms with Crippen molar-refractivity contribution in [2.75, 3.05) is 10.8 Å². The molecule has 0 aromatic heterocycles. The Morgan fingerprint density at radius 1 is 1.52 bits per heavy atom. The second-order valence-electron chi connectivity index (χ2n) is 4.26. The molecule has 4 N–H and O–H groups in total. The topological polar surface area (TPSA) is 94.9 Å². The summed E-state index contributed by atoms with van der Waals surface area (Å²) in [6, 6.07) is 7.81. The number of para-hydroxylation sites is 1. The summed E-state index contributed by atoms with van der Waals surface area (Å²) in [5.74, 6) is -0.539. The molecule has 0 aliphatic rings. The van der Waals surface area contributed by atoms with Gasteiger partial charge in [-0.15, -0.1) is 0 Å². The van der Waals surface area contributed by atoms with Crippen molar-refractivity contribution >= 4 is 57.6 Å². The molecule has 2 aromatic rings. The average molecular weight is 463 g/mol. The van der Waals surface area contributed by atoms with E-state index in [1.807, 2.05) is 6.07 Å². The number of ether oxygens (including phenoxy) is 1. The zero-order valence-electron chi connectivity index (χ0n) is 11.5. The lowest BCUT2D eigenvalue weighted by atomic mass is 10.1. The summed E-state index contributed by atoms with van der Waals surface area (Å²) in [5, 5.41) is 19.3. The van der Waals surface area contributed by atoms with Crippen LogP contribution in [0.2, 0.25) is 5.02 Å². The number of halogens is 3. The molecule has 0 radical (unpaired) electrons. The molecule has 0 amide bonds. The average Bonchev–Trinajstić information content (AvgIpc) is 2.54. The molecule has 0 heterocycles. The number of hydrogen-bond acceptors (Lipinski definition) is 5. The second-order valence-corrected chi connectivity index (χ2v) is 6.69. The van der Waals surface area contributed by atoms with E-state index in [0.717, 1.165) is 6.21 Å². The Hall–Kier alpha value is -1.62. The Balaban J connectivity index is 2.60. The van der Waals surface area contributed by atoms with Crippen LogP contribution >= 0.6 is 40.0 Å². The van der Waals surface area contributed by atoms with Crippen LogP contribution < -0.4 is 15.6 Å². The summed E-state index contributed by atoms with van der Waals surface area (Å²) in [6.07, 6.45) is 1.29. The van der Waals surface area contributed by atoms with Crippen molar-refractivity contribution in [3.8, 4) is 17.6 Å². The van der Waals surface area contributed by atoms with Crippen molar-refractivity contribution in [1.82, 2.24) is 0 Å². The van der Waals surface area contributed by atoms with Gasteiger partial charge in [0.05, 0.1) is 22.5 Å². The van der Waals surface area contributed by atoms with Gasteiger partial charge in [0.25, 0.3) is 0 Å². The number of nitrogen functional groups attached to an aromatic ring is 1. The minimum absolute atomic E-state index is 0.0272. The monoisotopic (exact) mass is 462 g/mol. The lowest BCUT2D eigenvalue weighted by molar-refractivity contribution is 0.479. The fraction of sp³-hybridized carbons (Fsp3) is 0. The van der Waals surface area contributed by atoms with Gasteiger partial charge in [0.1, 0.15) is 16.9 Å². The molecule has 2 rings (SSSR count). The maximum Gasteiger partial charge on any atom is 0.159 e. The van der Waals surface area contributed by atoms with Gasteiger partial charge in [-0.2, -0.15) is 5.26 Å². The second kappa shape index (κ2) is 7.77. The first kappa shape index (κ1) is 17.7. The summed E-state index contributed by atoms with van der Waals surface area (Å²) < 4.78 is 19.7. The first-order valence-corrected chi connectivity index (χ1v) is 10.6. The highest BCUT2D eigenvalue weighted by Crippen LogP contribution is 2.41. The predicted octanol–water partition coefficient (Wildman–Crippen LogP) is 5.08. The Labute approximate surface area is 151 Å². The van der Waals surface area contributed by atoms with Crippen LogP contribution in [0.15, 0.2) is 24.3 Å². The highest BCUT2D eigenvalue weighted by molar-refractivity contribution is 14.2. The van der Waals surface area contributed by atoms with E-state index in [-0.39, 0.29) is 34.1 Å². The van der Waals surface area contributed by atoms with Crippen molar-refractivity contribution in [2.45, 2.75) is 0 Å². The van der Waals surface area contributed by atoms with Crippen molar-refractivity contribution < 1.29 is 9.13 Å². The van der Waals surface area contributed by atoms with Crippen molar-refractivity contribution in [1.29, 1.82) is 10.7 Å². The molecule has 23 heavy (non-hydrogen) atoms. The van der Waals surface area contributed by atoms with Gasteiger partial charge in [-0.05, 0) is 40.2 Å². The van der Waals surface area contributed by atoms with Gasteiger partial charge in [0.2, 0.25) is 0 Å². The van der Waals surface area contributed by atoms with Crippen LogP contribution in [-0.2, 0) is 0 Å². The van der Waals surface area contributed by atoms with Crippen molar-refractivity contribution in [3.63, 3.8) is 0 Å². The molecule has 0 aliphatic carbocycles. The zero-order valence-corrected chi connectivity index (χ0v) is 15.4. The molecule has 5 nitrogen and oxygen atoms in total. The summed E-state index contributed by atoms with van der Waals surface area (Å²) in [4.78, 5) is 0. The van der Waals surface area contributed by atoms with Gasteiger partial charge >= 0.3 is 0 Å². The molecule has 118 valence electrons. The molecular weight excluding hydrogens is 453 g/mol. The van der Waals surface area contributed by atoms with Gasteiger partial charge < -0.3 is 21.0 Å². The van der Waals surface area contributed by atoms with Crippen LogP contribution in [0, 0.1) is 22.6 Å². The van der Waals surface area contributed by atoms with E-state index in [2.05, 4.69) is 27.1 Å². The number of rotatable bonds is 5. The van der Waals surface area contributed by atoms with E-state index in [1.165, 1.54) is 18.2 Å². The summed E-state index contributed by atoms with van der Waals surface area (Å²) >= 11 is 8.07. The third-order valence-corrected chi connectivity index (χ3v) is 4.46. The van der Waals surface area contributed by atoms with Gasteiger partial charge in [-0.1, -0.05) is 17.7 Å². The number of anilines is 2. The summed E-state index contributed by atoms with van der Waals surface area (Å²) in [7, 11) is 0. The van der Waals surface area contributed by atoms with E-state index in [0.29, 0.717) is 11.3 Å². The minimum atomic E-state index is -0.681. The van der Waals surface area contributed by atoms with Crippen molar-refractivity contribution in [3.05, 3.63) is 46.2 Å². The molecule has 0 saturated heterocycles. The van der Waals surface area contributed by atoms with Crippen LogP contribution in [0.3, 0.4) is 0 Å². The fourth-order valence-electron chi connectivity index (χ4n) is 1.85. The first-order chi connectivity index (χ1) is 11.0. The van der Waals surface area contributed by atoms with E-state index < -0.39 is 5.82 Å². The van der Waals surface area contributed by atoms with E-state index in [4.69, 9.17) is 32.7 Å².